The van der Waals surface area contributed by atoms with Gasteiger partial charge in [-0.2, -0.15) is 0 Å². The smallest absolute Gasteiger partial charge is 0.324 e. The van der Waals surface area contributed by atoms with E-state index in [4.69, 9.17) is 4.74 Å². The van der Waals surface area contributed by atoms with Crippen LogP contribution in [0.4, 0.5) is 0 Å². The first-order chi connectivity index (χ1) is 9.16. The standard InChI is InChI=1S/C16H15BrO2/c1-12-6-5-9-14(10-12)15(17)16(18)19-11-13-7-3-2-4-8-13/h2-10,15H,11H2,1H3/t15-/m0/s1. The average Bonchev–Trinajstić information content (AvgIpc) is 2.45. The van der Waals surface area contributed by atoms with Crippen molar-refractivity contribution in [2.75, 3.05) is 0 Å². The maximum Gasteiger partial charge on any atom is 0.324 e. The number of hydrogen-bond donors (Lipinski definition) is 0. The minimum Gasteiger partial charge on any atom is -0.460 e. The molecule has 98 valence electrons. The number of esters is 1. The van der Waals surface area contributed by atoms with E-state index in [-0.39, 0.29) is 5.97 Å². The van der Waals surface area contributed by atoms with Gasteiger partial charge in [-0.1, -0.05) is 76.1 Å². The van der Waals surface area contributed by atoms with Crippen LogP contribution >= 0.6 is 15.9 Å². The molecule has 0 saturated carbocycles. The molecule has 1 atom stereocenters. The quantitative estimate of drug-likeness (QED) is 0.624. The van der Waals surface area contributed by atoms with Gasteiger partial charge in [0, 0.05) is 0 Å². The van der Waals surface area contributed by atoms with Crippen LogP contribution in [0.15, 0.2) is 54.6 Å². The van der Waals surface area contributed by atoms with Crippen molar-refractivity contribution in [1.82, 2.24) is 0 Å². The molecule has 2 rings (SSSR count). The Morgan fingerprint density at radius 3 is 2.58 bits per heavy atom. The molecule has 0 unspecified atom stereocenters. The van der Waals surface area contributed by atoms with Crippen molar-refractivity contribution >= 4 is 21.9 Å². The average molecular weight is 319 g/mol. The van der Waals surface area contributed by atoms with Gasteiger partial charge < -0.3 is 4.74 Å². The van der Waals surface area contributed by atoms with Gasteiger partial charge in [0.1, 0.15) is 11.4 Å². The molecule has 0 aliphatic heterocycles. The molecular weight excluding hydrogens is 304 g/mol. The second-order valence-corrected chi connectivity index (χ2v) is 5.29. The molecule has 0 amide bonds. The minimum atomic E-state index is -0.420. The van der Waals surface area contributed by atoms with Crippen molar-refractivity contribution < 1.29 is 9.53 Å². The third kappa shape index (κ3) is 3.93. The van der Waals surface area contributed by atoms with Gasteiger partial charge in [-0.3, -0.25) is 4.79 Å². The van der Waals surface area contributed by atoms with E-state index in [0.717, 1.165) is 16.7 Å². The number of rotatable bonds is 4. The van der Waals surface area contributed by atoms with E-state index in [1.54, 1.807) is 0 Å². The number of hydrogen-bond acceptors (Lipinski definition) is 2. The monoisotopic (exact) mass is 318 g/mol. The molecule has 0 saturated heterocycles. The van der Waals surface area contributed by atoms with E-state index in [1.165, 1.54) is 0 Å². The fourth-order valence-corrected chi connectivity index (χ4v) is 2.18. The predicted molar refractivity (Wildman–Crippen MR) is 79.1 cm³/mol. The number of alkyl halides is 1. The van der Waals surface area contributed by atoms with Gasteiger partial charge in [0.05, 0.1) is 0 Å². The Kier molecular flexibility index (Phi) is 4.74. The van der Waals surface area contributed by atoms with Gasteiger partial charge in [0.25, 0.3) is 0 Å². The third-order valence-electron chi connectivity index (χ3n) is 2.77. The zero-order valence-electron chi connectivity index (χ0n) is 10.7. The summed E-state index contributed by atoms with van der Waals surface area (Å²) in [6, 6.07) is 17.5. The highest BCUT2D eigenvalue weighted by molar-refractivity contribution is 9.09. The minimum absolute atomic E-state index is 0.269. The number of carbonyl (C=O) groups excluding carboxylic acids is 1. The lowest BCUT2D eigenvalue weighted by molar-refractivity contribution is -0.144. The lowest BCUT2D eigenvalue weighted by Crippen LogP contribution is -2.11. The normalized spacial score (nSPS) is 11.9. The predicted octanol–water partition coefficient (Wildman–Crippen LogP) is 4.17. The molecule has 0 aliphatic rings. The fraction of sp³-hybridized carbons (Fsp3) is 0.188. The Bertz CT molecular complexity index is 552. The van der Waals surface area contributed by atoms with Gasteiger partial charge in [-0.25, -0.2) is 0 Å². The number of halogens is 1. The molecule has 0 radical (unpaired) electrons. The summed E-state index contributed by atoms with van der Waals surface area (Å²) in [5.74, 6) is -0.269. The Morgan fingerprint density at radius 1 is 1.16 bits per heavy atom. The highest BCUT2D eigenvalue weighted by Gasteiger charge is 2.18. The van der Waals surface area contributed by atoms with E-state index in [9.17, 15) is 4.79 Å². The summed E-state index contributed by atoms with van der Waals surface area (Å²) in [5.41, 5.74) is 3.02. The van der Waals surface area contributed by atoms with E-state index < -0.39 is 4.83 Å². The van der Waals surface area contributed by atoms with Gasteiger partial charge >= 0.3 is 5.97 Å². The largest absolute Gasteiger partial charge is 0.460 e. The van der Waals surface area contributed by atoms with Crippen LogP contribution in [0.5, 0.6) is 0 Å². The van der Waals surface area contributed by atoms with Crippen molar-refractivity contribution in [3.8, 4) is 0 Å². The van der Waals surface area contributed by atoms with Gasteiger partial charge in [0.15, 0.2) is 0 Å². The molecule has 0 spiro atoms. The van der Waals surface area contributed by atoms with E-state index in [2.05, 4.69) is 15.9 Å². The van der Waals surface area contributed by atoms with Crippen LogP contribution in [0.2, 0.25) is 0 Å². The first kappa shape index (κ1) is 13.8. The van der Waals surface area contributed by atoms with E-state index >= 15 is 0 Å². The van der Waals surface area contributed by atoms with Crippen LogP contribution in [-0.2, 0) is 16.1 Å². The zero-order chi connectivity index (χ0) is 13.7. The Balaban J connectivity index is 1.96. The van der Waals surface area contributed by atoms with Crippen molar-refractivity contribution in [2.24, 2.45) is 0 Å². The Labute approximate surface area is 121 Å². The molecule has 0 bridgehead atoms. The third-order valence-corrected chi connectivity index (χ3v) is 3.67. The van der Waals surface area contributed by atoms with Crippen molar-refractivity contribution in [1.29, 1.82) is 0 Å². The molecule has 2 aromatic rings. The second-order valence-electron chi connectivity index (χ2n) is 4.37. The molecule has 2 nitrogen and oxygen atoms in total. The maximum atomic E-state index is 12.0. The molecule has 2 aromatic carbocycles. The number of carbonyl (C=O) groups is 1. The summed E-state index contributed by atoms with van der Waals surface area (Å²) >= 11 is 3.38. The summed E-state index contributed by atoms with van der Waals surface area (Å²) in [4.78, 5) is 11.5. The van der Waals surface area contributed by atoms with Crippen LogP contribution in [0.25, 0.3) is 0 Å². The Morgan fingerprint density at radius 2 is 1.89 bits per heavy atom. The second kappa shape index (κ2) is 6.53. The van der Waals surface area contributed by atoms with Crippen LogP contribution in [0.3, 0.4) is 0 Å². The van der Waals surface area contributed by atoms with E-state index in [1.807, 2.05) is 61.5 Å². The fourth-order valence-electron chi connectivity index (χ4n) is 1.77. The van der Waals surface area contributed by atoms with Crippen LogP contribution in [0, 0.1) is 6.92 Å². The van der Waals surface area contributed by atoms with Crippen LogP contribution in [-0.4, -0.2) is 5.97 Å². The topological polar surface area (TPSA) is 26.3 Å². The van der Waals surface area contributed by atoms with Crippen LogP contribution in [0.1, 0.15) is 21.5 Å². The molecule has 0 aromatic heterocycles. The molecular formula is C16H15BrO2. The molecule has 0 N–H and O–H groups in total. The highest BCUT2D eigenvalue weighted by atomic mass is 79.9. The number of aryl methyl sites for hydroxylation is 1. The summed E-state index contributed by atoms with van der Waals surface area (Å²) < 4.78 is 5.30. The summed E-state index contributed by atoms with van der Waals surface area (Å²) in [6.45, 7) is 2.30. The highest BCUT2D eigenvalue weighted by Crippen LogP contribution is 2.25. The van der Waals surface area contributed by atoms with Gasteiger partial charge in [-0.15, -0.1) is 0 Å². The van der Waals surface area contributed by atoms with E-state index in [0.29, 0.717) is 6.61 Å². The SMILES string of the molecule is Cc1cccc([C@H](Br)C(=O)OCc2ccccc2)c1. The zero-order valence-corrected chi connectivity index (χ0v) is 12.3. The first-order valence-corrected chi connectivity index (χ1v) is 6.99. The van der Waals surface area contributed by atoms with Crippen molar-refractivity contribution in [3.63, 3.8) is 0 Å². The summed E-state index contributed by atoms with van der Waals surface area (Å²) in [6.07, 6.45) is 0. The number of benzene rings is 2. The van der Waals surface area contributed by atoms with Gasteiger partial charge in [-0.05, 0) is 18.1 Å². The summed E-state index contributed by atoms with van der Waals surface area (Å²) in [7, 11) is 0. The lowest BCUT2D eigenvalue weighted by atomic mass is 10.1. The number of ether oxygens (including phenoxy) is 1. The molecule has 3 heteroatoms. The van der Waals surface area contributed by atoms with Crippen LogP contribution < -0.4 is 0 Å². The molecule has 0 fully saturated rings. The first-order valence-electron chi connectivity index (χ1n) is 6.08. The summed E-state index contributed by atoms with van der Waals surface area (Å²) in [5, 5.41) is 0. The lowest BCUT2D eigenvalue weighted by Gasteiger charge is -2.11. The van der Waals surface area contributed by atoms with Crippen molar-refractivity contribution in [2.45, 2.75) is 18.4 Å². The molecule has 19 heavy (non-hydrogen) atoms. The maximum absolute atomic E-state index is 12.0. The molecule has 0 heterocycles. The van der Waals surface area contributed by atoms with Gasteiger partial charge in [0.2, 0.25) is 0 Å². The Hall–Kier alpha value is -1.61. The molecule has 0 aliphatic carbocycles. The van der Waals surface area contributed by atoms with Crippen molar-refractivity contribution in [3.05, 3.63) is 71.3 Å².